The summed E-state index contributed by atoms with van der Waals surface area (Å²) in [5, 5.41) is 11.5. The highest BCUT2D eigenvalue weighted by atomic mass is 16.5. The molecule has 0 bridgehead atoms. The van der Waals surface area contributed by atoms with Crippen molar-refractivity contribution in [1.82, 2.24) is 0 Å². The maximum Gasteiger partial charge on any atom is 0.343 e. The Morgan fingerprint density at radius 3 is 1.90 bits per heavy atom. The van der Waals surface area contributed by atoms with Crippen molar-refractivity contribution in [3.05, 3.63) is 108 Å². The summed E-state index contributed by atoms with van der Waals surface area (Å²) in [5.41, 5.74) is 1.96. The number of aromatic carboxylic acids is 1. The third kappa shape index (κ3) is 4.22. The average molecular weight is 384 g/mol. The van der Waals surface area contributed by atoms with Crippen LogP contribution in [0.15, 0.2) is 91.0 Å². The van der Waals surface area contributed by atoms with Gasteiger partial charge < -0.3 is 14.6 Å². The van der Waals surface area contributed by atoms with Gasteiger partial charge in [0, 0.05) is 5.39 Å². The molecule has 4 heteroatoms. The van der Waals surface area contributed by atoms with Gasteiger partial charge in [0.05, 0.1) is 0 Å². The van der Waals surface area contributed by atoms with Crippen molar-refractivity contribution in [2.75, 3.05) is 0 Å². The highest BCUT2D eigenvalue weighted by Crippen LogP contribution is 2.38. The number of rotatable bonds is 7. The van der Waals surface area contributed by atoms with E-state index in [1.165, 1.54) is 0 Å². The first-order valence-electron chi connectivity index (χ1n) is 9.35. The molecule has 0 atom stereocenters. The van der Waals surface area contributed by atoms with E-state index in [-0.39, 0.29) is 18.8 Å². The molecule has 0 amide bonds. The largest absolute Gasteiger partial charge is 0.488 e. The Balaban J connectivity index is 1.74. The van der Waals surface area contributed by atoms with E-state index in [0.29, 0.717) is 11.5 Å². The van der Waals surface area contributed by atoms with E-state index in [4.69, 9.17) is 9.47 Å². The van der Waals surface area contributed by atoms with Gasteiger partial charge in [0.25, 0.3) is 0 Å². The van der Waals surface area contributed by atoms with Gasteiger partial charge in [-0.05, 0) is 22.6 Å². The molecule has 0 radical (unpaired) electrons. The minimum atomic E-state index is -1.08. The highest BCUT2D eigenvalue weighted by Gasteiger charge is 2.22. The summed E-state index contributed by atoms with van der Waals surface area (Å²) in [7, 11) is 0. The van der Waals surface area contributed by atoms with Crippen LogP contribution in [0.2, 0.25) is 0 Å². The summed E-state index contributed by atoms with van der Waals surface area (Å²) >= 11 is 0. The smallest absolute Gasteiger partial charge is 0.343 e. The first-order valence-corrected chi connectivity index (χ1v) is 9.35. The van der Waals surface area contributed by atoms with E-state index in [2.05, 4.69) is 0 Å². The van der Waals surface area contributed by atoms with Crippen LogP contribution in [0.4, 0.5) is 0 Å². The fourth-order valence-electron chi connectivity index (χ4n) is 3.22. The third-order valence-electron chi connectivity index (χ3n) is 4.64. The highest BCUT2D eigenvalue weighted by molar-refractivity contribution is 6.03. The van der Waals surface area contributed by atoms with E-state index in [1.54, 1.807) is 6.07 Å². The summed E-state index contributed by atoms with van der Waals surface area (Å²) in [5.74, 6) is -0.465. The quantitative estimate of drug-likeness (QED) is 0.444. The van der Waals surface area contributed by atoms with Gasteiger partial charge in [-0.1, -0.05) is 84.9 Å². The van der Waals surface area contributed by atoms with E-state index < -0.39 is 5.97 Å². The minimum Gasteiger partial charge on any atom is -0.488 e. The summed E-state index contributed by atoms with van der Waals surface area (Å²) in [6.07, 6.45) is 0. The molecule has 29 heavy (non-hydrogen) atoms. The Bertz CT molecular complexity index is 1120. The summed E-state index contributed by atoms with van der Waals surface area (Å²) in [6.45, 7) is 0.546. The second-order valence-corrected chi connectivity index (χ2v) is 6.65. The van der Waals surface area contributed by atoms with Gasteiger partial charge in [-0.25, -0.2) is 4.79 Å². The lowest BCUT2D eigenvalue weighted by molar-refractivity contribution is 0.0686. The van der Waals surface area contributed by atoms with Gasteiger partial charge in [-0.2, -0.15) is 0 Å². The molecule has 0 aromatic heterocycles. The fraction of sp³-hybridized carbons (Fsp3) is 0.0800. The van der Waals surface area contributed by atoms with Gasteiger partial charge in [0.2, 0.25) is 0 Å². The zero-order chi connectivity index (χ0) is 20.1. The Morgan fingerprint density at radius 1 is 0.724 bits per heavy atom. The Morgan fingerprint density at radius 2 is 1.28 bits per heavy atom. The Labute approximate surface area is 169 Å². The minimum absolute atomic E-state index is 0.0376. The molecule has 1 N–H and O–H groups in total. The van der Waals surface area contributed by atoms with Gasteiger partial charge >= 0.3 is 5.97 Å². The van der Waals surface area contributed by atoms with Gasteiger partial charge in [-0.15, -0.1) is 0 Å². The maximum atomic E-state index is 12.1. The molecule has 0 aliphatic heterocycles. The number of hydrogen-bond acceptors (Lipinski definition) is 3. The molecule has 144 valence electrons. The van der Waals surface area contributed by atoms with Crippen molar-refractivity contribution in [2.24, 2.45) is 0 Å². The molecule has 4 rings (SSSR count). The number of carboxylic acids is 1. The SMILES string of the molecule is O=C(O)c1c(OCc2ccccc2)cc2ccccc2c1OCc1ccccc1. The molecule has 0 saturated heterocycles. The molecular formula is C25H20O4. The molecule has 0 fully saturated rings. The fourth-order valence-corrected chi connectivity index (χ4v) is 3.22. The first-order chi connectivity index (χ1) is 14.2. The lowest BCUT2D eigenvalue weighted by atomic mass is 10.0. The second-order valence-electron chi connectivity index (χ2n) is 6.65. The Kier molecular flexibility index (Phi) is 5.43. The van der Waals surface area contributed by atoms with Crippen LogP contribution in [0, 0.1) is 0 Å². The van der Waals surface area contributed by atoms with Crippen molar-refractivity contribution in [1.29, 1.82) is 0 Å². The van der Waals surface area contributed by atoms with Crippen molar-refractivity contribution in [3.63, 3.8) is 0 Å². The number of carboxylic acid groups (broad SMARTS) is 1. The molecule has 4 aromatic carbocycles. The van der Waals surface area contributed by atoms with Crippen molar-refractivity contribution >= 4 is 16.7 Å². The lowest BCUT2D eigenvalue weighted by Gasteiger charge is -2.17. The normalized spacial score (nSPS) is 10.6. The molecular weight excluding hydrogens is 364 g/mol. The van der Waals surface area contributed by atoms with Crippen LogP contribution in [-0.2, 0) is 13.2 Å². The zero-order valence-electron chi connectivity index (χ0n) is 15.7. The predicted molar refractivity (Wildman–Crippen MR) is 112 cm³/mol. The topological polar surface area (TPSA) is 55.8 Å². The summed E-state index contributed by atoms with van der Waals surface area (Å²) in [6, 6.07) is 28.6. The van der Waals surface area contributed by atoms with Crippen LogP contribution >= 0.6 is 0 Å². The van der Waals surface area contributed by atoms with Crippen molar-refractivity contribution in [2.45, 2.75) is 13.2 Å². The molecule has 4 nitrogen and oxygen atoms in total. The molecule has 0 saturated carbocycles. The predicted octanol–water partition coefficient (Wildman–Crippen LogP) is 5.70. The van der Waals surface area contributed by atoms with E-state index in [1.807, 2.05) is 84.9 Å². The first kappa shape index (κ1) is 18.6. The van der Waals surface area contributed by atoms with Crippen LogP contribution < -0.4 is 9.47 Å². The van der Waals surface area contributed by atoms with Crippen LogP contribution in [0.1, 0.15) is 21.5 Å². The maximum absolute atomic E-state index is 12.1. The molecule has 0 spiro atoms. The average Bonchev–Trinajstić information content (AvgIpc) is 2.77. The molecule has 0 heterocycles. The monoisotopic (exact) mass is 384 g/mol. The number of hydrogen-bond donors (Lipinski definition) is 1. The van der Waals surface area contributed by atoms with Gasteiger partial charge in [0.15, 0.2) is 0 Å². The second kappa shape index (κ2) is 8.48. The molecule has 0 aliphatic carbocycles. The summed E-state index contributed by atoms with van der Waals surface area (Å²) < 4.78 is 12.0. The zero-order valence-corrected chi connectivity index (χ0v) is 15.7. The van der Waals surface area contributed by atoms with Gasteiger partial charge in [0.1, 0.15) is 30.3 Å². The Hall–Kier alpha value is -3.79. The third-order valence-corrected chi connectivity index (χ3v) is 4.64. The molecule has 4 aromatic rings. The summed E-state index contributed by atoms with van der Waals surface area (Å²) in [4.78, 5) is 12.1. The lowest BCUT2D eigenvalue weighted by Crippen LogP contribution is -2.08. The molecule has 0 aliphatic rings. The van der Waals surface area contributed by atoms with E-state index >= 15 is 0 Å². The number of ether oxygens (including phenoxy) is 2. The number of benzene rings is 4. The van der Waals surface area contributed by atoms with Crippen LogP contribution in [0.3, 0.4) is 0 Å². The van der Waals surface area contributed by atoms with E-state index in [9.17, 15) is 9.90 Å². The number of fused-ring (bicyclic) bond motifs is 1. The van der Waals surface area contributed by atoms with Gasteiger partial charge in [-0.3, -0.25) is 0 Å². The van der Waals surface area contributed by atoms with E-state index in [0.717, 1.165) is 21.9 Å². The van der Waals surface area contributed by atoms with Crippen LogP contribution in [0.25, 0.3) is 10.8 Å². The standard InChI is InChI=1S/C25H20O4/c26-25(27)23-22(28-16-18-9-3-1-4-10-18)15-20-13-7-8-14-21(20)24(23)29-17-19-11-5-2-6-12-19/h1-15H,16-17H2,(H,26,27). The number of carbonyl (C=O) groups is 1. The van der Waals surface area contributed by atoms with Crippen LogP contribution in [0.5, 0.6) is 11.5 Å². The van der Waals surface area contributed by atoms with Crippen LogP contribution in [-0.4, -0.2) is 11.1 Å². The van der Waals surface area contributed by atoms with Crippen molar-refractivity contribution in [3.8, 4) is 11.5 Å². The van der Waals surface area contributed by atoms with Crippen molar-refractivity contribution < 1.29 is 19.4 Å². The molecule has 0 unspecified atom stereocenters.